The first-order valence-electron chi connectivity index (χ1n) is 4.31. The number of aliphatic hydroxyl groups excluding tert-OH is 6. The molecule has 0 aromatic heterocycles. The van der Waals surface area contributed by atoms with Crippen LogP contribution in [0.2, 0.25) is 0 Å². The van der Waals surface area contributed by atoms with E-state index in [-0.39, 0.29) is 6.41 Å². The summed E-state index contributed by atoms with van der Waals surface area (Å²) in [6.07, 6.45) is -9.44. The van der Waals surface area contributed by atoms with Crippen molar-refractivity contribution < 1.29 is 40.3 Å². The topological polar surface area (TPSA) is 160 Å². The summed E-state index contributed by atoms with van der Waals surface area (Å²) in [6, 6.07) is 0. The number of nitrogens with one attached hydrogen (secondary N) is 1. The van der Waals surface area contributed by atoms with E-state index in [1.165, 1.54) is 0 Å². The fourth-order valence-electron chi connectivity index (χ4n) is 0.874. The van der Waals surface area contributed by atoms with Crippen molar-refractivity contribution in [1.82, 2.24) is 5.48 Å². The number of hydrogen-bond acceptors (Lipinski definition) is 8. The molecule has 9 nitrogen and oxygen atoms in total. The van der Waals surface area contributed by atoms with Crippen molar-refractivity contribution in [3.8, 4) is 0 Å². The minimum Gasteiger partial charge on any atom is -0.394 e. The molecule has 0 heterocycles. The number of aliphatic hydroxyl groups is 6. The molecule has 16 heavy (non-hydrogen) atoms. The van der Waals surface area contributed by atoms with Crippen LogP contribution in [0.3, 0.4) is 0 Å². The second-order valence-corrected chi connectivity index (χ2v) is 2.97. The maximum atomic E-state index is 9.78. The largest absolute Gasteiger partial charge is 0.394 e. The third kappa shape index (κ3) is 4.37. The van der Waals surface area contributed by atoms with Gasteiger partial charge in [-0.05, 0) is 0 Å². The van der Waals surface area contributed by atoms with Gasteiger partial charge in [-0.2, -0.15) is 0 Å². The molecule has 0 aliphatic heterocycles. The van der Waals surface area contributed by atoms with Gasteiger partial charge in [-0.25, -0.2) is 10.3 Å². The Morgan fingerprint density at radius 2 is 1.62 bits per heavy atom. The highest BCUT2D eigenvalue weighted by atomic mass is 16.7. The second-order valence-electron chi connectivity index (χ2n) is 2.97. The zero-order valence-corrected chi connectivity index (χ0v) is 8.17. The fraction of sp³-hybridized carbons (Fsp3) is 0.857. The Hall–Kier alpha value is -0.810. The smallest absolute Gasteiger partial charge is 0.230 e. The Morgan fingerprint density at radius 1 is 1.06 bits per heavy atom. The first-order valence-corrected chi connectivity index (χ1v) is 4.31. The zero-order valence-electron chi connectivity index (χ0n) is 8.17. The normalized spacial score (nSPS) is 20.6. The standard InChI is InChI=1S/C7H15NO8/c9-1-3(11)4(12)5(13)6(14)7(15)16-8-2-10/h2-7,9,11-15H,1H2,(H,8,10)/t3-,4-,5+,6-,7?/m1/s1. The number of amides is 1. The van der Waals surface area contributed by atoms with Crippen molar-refractivity contribution in [2.45, 2.75) is 30.7 Å². The van der Waals surface area contributed by atoms with Crippen molar-refractivity contribution in [1.29, 1.82) is 0 Å². The van der Waals surface area contributed by atoms with Crippen LogP contribution < -0.4 is 5.48 Å². The first-order chi connectivity index (χ1) is 7.45. The molecule has 96 valence electrons. The number of carbonyl (C=O) groups is 1. The van der Waals surface area contributed by atoms with Gasteiger partial charge in [0, 0.05) is 0 Å². The Balaban J connectivity index is 4.24. The summed E-state index contributed by atoms with van der Waals surface area (Å²) < 4.78 is 0. The molecule has 0 saturated heterocycles. The van der Waals surface area contributed by atoms with Gasteiger partial charge in [0.15, 0.2) is 0 Å². The van der Waals surface area contributed by atoms with Gasteiger partial charge in [-0.1, -0.05) is 0 Å². The lowest BCUT2D eigenvalue weighted by atomic mass is 10.0. The van der Waals surface area contributed by atoms with Crippen molar-refractivity contribution in [3.05, 3.63) is 0 Å². The summed E-state index contributed by atoms with van der Waals surface area (Å²) in [5, 5.41) is 54.0. The highest BCUT2D eigenvalue weighted by Gasteiger charge is 2.34. The lowest BCUT2D eigenvalue weighted by Crippen LogP contribution is -2.51. The van der Waals surface area contributed by atoms with E-state index in [1.807, 2.05) is 0 Å². The van der Waals surface area contributed by atoms with Crippen molar-refractivity contribution in [2.24, 2.45) is 0 Å². The summed E-state index contributed by atoms with van der Waals surface area (Å²) in [5.74, 6) is 0. The summed E-state index contributed by atoms with van der Waals surface area (Å²) in [5.41, 5.74) is 1.57. The Labute approximate surface area is 90.5 Å². The van der Waals surface area contributed by atoms with Crippen LogP contribution in [0.15, 0.2) is 0 Å². The van der Waals surface area contributed by atoms with Gasteiger partial charge in [0.05, 0.1) is 6.61 Å². The molecule has 0 saturated carbocycles. The van der Waals surface area contributed by atoms with Gasteiger partial charge in [0.25, 0.3) is 0 Å². The minimum atomic E-state index is -2.00. The molecule has 9 heteroatoms. The molecule has 0 spiro atoms. The second kappa shape index (κ2) is 7.46. The maximum absolute atomic E-state index is 9.78. The number of hydroxylamine groups is 1. The average molecular weight is 241 g/mol. The zero-order chi connectivity index (χ0) is 12.7. The van der Waals surface area contributed by atoms with Crippen LogP contribution in [0.25, 0.3) is 0 Å². The van der Waals surface area contributed by atoms with Gasteiger partial charge < -0.3 is 30.6 Å². The predicted octanol–water partition coefficient (Wildman–Crippen LogP) is -4.58. The summed E-state index contributed by atoms with van der Waals surface area (Å²) in [7, 11) is 0. The molecule has 0 radical (unpaired) electrons. The van der Waals surface area contributed by atoms with Gasteiger partial charge in [0.1, 0.15) is 24.4 Å². The summed E-state index contributed by atoms with van der Waals surface area (Å²) >= 11 is 0. The third-order valence-corrected chi connectivity index (χ3v) is 1.81. The quantitative estimate of drug-likeness (QED) is 0.127. The van der Waals surface area contributed by atoms with Crippen LogP contribution in [0, 0.1) is 0 Å². The van der Waals surface area contributed by atoms with Crippen LogP contribution in [0.5, 0.6) is 0 Å². The molecular formula is C7H15NO8. The SMILES string of the molecule is O=CNOC(O)[C@H](O)[C@@H](O)[C@H](O)[C@H](O)CO. The highest BCUT2D eigenvalue weighted by Crippen LogP contribution is 2.08. The summed E-state index contributed by atoms with van der Waals surface area (Å²) in [6.45, 7) is -0.839. The van der Waals surface area contributed by atoms with Crippen molar-refractivity contribution >= 4 is 6.41 Å². The molecule has 0 aliphatic carbocycles. The fourth-order valence-corrected chi connectivity index (χ4v) is 0.874. The molecule has 0 fully saturated rings. The lowest BCUT2D eigenvalue weighted by Gasteiger charge is -2.27. The van der Waals surface area contributed by atoms with Gasteiger partial charge >= 0.3 is 0 Å². The molecule has 5 atom stereocenters. The Morgan fingerprint density at radius 3 is 2.06 bits per heavy atom. The van der Waals surface area contributed by atoms with E-state index in [2.05, 4.69) is 4.84 Å². The molecule has 0 aromatic rings. The molecule has 7 N–H and O–H groups in total. The van der Waals surface area contributed by atoms with Crippen LogP contribution in [0.1, 0.15) is 0 Å². The third-order valence-electron chi connectivity index (χ3n) is 1.81. The molecule has 1 amide bonds. The molecule has 0 rings (SSSR count). The van der Waals surface area contributed by atoms with Crippen LogP contribution in [0.4, 0.5) is 0 Å². The van der Waals surface area contributed by atoms with Crippen LogP contribution in [-0.2, 0) is 9.63 Å². The Kier molecular flexibility index (Phi) is 7.08. The first kappa shape index (κ1) is 15.2. The van der Waals surface area contributed by atoms with E-state index in [9.17, 15) is 15.0 Å². The number of hydrogen-bond donors (Lipinski definition) is 7. The van der Waals surface area contributed by atoms with Gasteiger partial charge in [-0.15, -0.1) is 0 Å². The van der Waals surface area contributed by atoms with E-state index in [0.717, 1.165) is 0 Å². The van der Waals surface area contributed by atoms with Crippen molar-refractivity contribution in [3.63, 3.8) is 0 Å². The van der Waals surface area contributed by atoms with E-state index >= 15 is 0 Å². The predicted molar refractivity (Wildman–Crippen MR) is 47.4 cm³/mol. The number of rotatable bonds is 8. The minimum absolute atomic E-state index is 0.0708. The Bertz CT molecular complexity index is 203. The van der Waals surface area contributed by atoms with Gasteiger partial charge in [-0.3, -0.25) is 4.79 Å². The molecule has 0 aromatic carbocycles. The van der Waals surface area contributed by atoms with Crippen LogP contribution in [-0.4, -0.2) is 74.4 Å². The monoisotopic (exact) mass is 241 g/mol. The van der Waals surface area contributed by atoms with Crippen LogP contribution >= 0.6 is 0 Å². The molecule has 0 bridgehead atoms. The van der Waals surface area contributed by atoms with E-state index in [4.69, 9.17) is 20.4 Å². The number of carbonyl (C=O) groups excluding carboxylic acids is 1. The van der Waals surface area contributed by atoms with Gasteiger partial charge in [0.2, 0.25) is 12.7 Å². The molecular weight excluding hydrogens is 226 g/mol. The van der Waals surface area contributed by atoms with E-state index < -0.39 is 37.3 Å². The molecule has 1 unspecified atom stereocenters. The van der Waals surface area contributed by atoms with Crippen molar-refractivity contribution in [2.75, 3.05) is 6.61 Å². The lowest BCUT2D eigenvalue weighted by molar-refractivity contribution is -0.230. The summed E-state index contributed by atoms with van der Waals surface area (Å²) in [4.78, 5) is 13.9. The average Bonchev–Trinajstić information content (AvgIpc) is 2.31. The van der Waals surface area contributed by atoms with E-state index in [1.54, 1.807) is 5.48 Å². The maximum Gasteiger partial charge on any atom is 0.230 e. The molecule has 0 aliphatic rings. The van der Waals surface area contributed by atoms with E-state index in [0.29, 0.717) is 0 Å². The highest BCUT2D eigenvalue weighted by molar-refractivity contribution is 5.43.